The highest BCUT2D eigenvalue weighted by molar-refractivity contribution is 5.42. The van der Waals surface area contributed by atoms with Crippen LogP contribution in [-0.2, 0) is 14.1 Å². The molecule has 0 saturated carbocycles. The zero-order valence-electron chi connectivity index (χ0n) is 9.53. The minimum atomic E-state index is -0.343. The first kappa shape index (κ1) is 11.1. The number of azo groups is 1. The summed E-state index contributed by atoms with van der Waals surface area (Å²) in [4.78, 5) is 11.5. The molecule has 1 heterocycles. The van der Waals surface area contributed by atoms with E-state index in [4.69, 9.17) is 0 Å². The van der Waals surface area contributed by atoms with E-state index < -0.39 is 0 Å². The lowest BCUT2D eigenvalue weighted by Crippen LogP contribution is -2.19. The Labute approximate surface area is 97.5 Å². The highest BCUT2D eigenvalue weighted by Gasteiger charge is 2.13. The van der Waals surface area contributed by atoms with Crippen LogP contribution in [0.2, 0.25) is 0 Å². The monoisotopic (exact) mass is 232 g/mol. The molecule has 1 aromatic carbocycles. The number of aromatic hydroxyl groups is 1. The van der Waals surface area contributed by atoms with Gasteiger partial charge in [-0.15, -0.1) is 10.2 Å². The van der Waals surface area contributed by atoms with Gasteiger partial charge in [-0.05, 0) is 12.1 Å². The maximum atomic E-state index is 11.5. The SMILES string of the molecule is Cn1c(O)c(N=Nc2ccccc2)n(C)c1=O. The summed E-state index contributed by atoms with van der Waals surface area (Å²) >= 11 is 0. The average Bonchev–Trinajstić information content (AvgIpc) is 2.54. The highest BCUT2D eigenvalue weighted by atomic mass is 16.3. The van der Waals surface area contributed by atoms with Crippen LogP contribution in [0.1, 0.15) is 0 Å². The molecule has 0 unspecified atom stereocenters. The third kappa shape index (κ3) is 1.96. The van der Waals surface area contributed by atoms with Crippen molar-refractivity contribution in [1.82, 2.24) is 9.13 Å². The van der Waals surface area contributed by atoms with Crippen LogP contribution in [0.25, 0.3) is 0 Å². The first-order valence-electron chi connectivity index (χ1n) is 5.02. The molecule has 0 aliphatic heterocycles. The van der Waals surface area contributed by atoms with Gasteiger partial charge in [0.05, 0.1) is 5.69 Å². The van der Waals surface area contributed by atoms with Crippen LogP contribution in [0.5, 0.6) is 5.88 Å². The van der Waals surface area contributed by atoms with Gasteiger partial charge in [0.25, 0.3) is 0 Å². The molecule has 1 N–H and O–H groups in total. The topological polar surface area (TPSA) is 71.9 Å². The lowest BCUT2D eigenvalue weighted by Gasteiger charge is -1.94. The van der Waals surface area contributed by atoms with Gasteiger partial charge in [-0.2, -0.15) is 0 Å². The minimum absolute atomic E-state index is 0.140. The van der Waals surface area contributed by atoms with Crippen molar-refractivity contribution in [2.24, 2.45) is 24.3 Å². The Balaban J connectivity index is 2.41. The normalized spacial score (nSPS) is 11.2. The van der Waals surface area contributed by atoms with Crippen LogP contribution in [-0.4, -0.2) is 14.2 Å². The van der Waals surface area contributed by atoms with Crippen LogP contribution < -0.4 is 5.69 Å². The summed E-state index contributed by atoms with van der Waals surface area (Å²) in [5.74, 6) is -0.0569. The van der Waals surface area contributed by atoms with E-state index in [1.165, 1.54) is 18.7 Å². The smallest absolute Gasteiger partial charge is 0.332 e. The first-order valence-corrected chi connectivity index (χ1v) is 5.02. The highest BCUT2D eigenvalue weighted by Crippen LogP contribution is 2.25. The molecule has 0 radical (unpaired) electrons. The number of imidazole rings is 1. The number of aromatic nitrogens is 2. The summed E-state index contributed by atoms with van der Waals surface area (Å²) in [7, 11) is 3.00. The third-order valence-electron chi connectivity index (χ3n) is 2.43. The van der Waals surface area contributed by atoms with Crippen molar-refractivity contribution in [2.45, 2.75) is 0 Å². The quantitative estimate of drug-likeness (QED) is 0.802. The standard InChI is InChI=1S/C11H12N4O2/c1-14-9(10(16)15(2)11(14)17)13-12-8-6-4-3-5-7-8/h3-7,16H,1-2H3. The van der Waals surface area contributed by atoms with Gasteiger partial charge in [0.2, 0.25) is 11.7 Å². The van der Waals surface area contributed by atoms with Gasteiger partial charge < -0.3 is 5.11 Å². The molecule has 0 fully saturated rings. The van der Waals surface area contributed by atoms with E-state index in [0.717, 1.165) is 4.57 Å². The van der Waals surface area contributed by atoms with Gasteiger partial charge >= 0.3 is 5.69 Å². The molecule has 1 aromatic heterocycles. The van der Waals surface area contributed by atoms with Crippen molar-refractivity contribution in [3.05, 3.63) is 40.8 Å². The van der Waals surface area contributed by atoms with E-state index in [2.05, 4.69) is 10.2 Å². The molecule has 17 heavy (non-hydrogen) atoms. The van der Waals surface area contributed by atoms with Crippen LogP contribution >= 0.6 is 0 Å². The predicted molar refractivity (Wildman–Crippen MR) is 62.9 cm³/mol. The second kappa shape index (κ2) is 4.25. The second-order valence-electron chi connectivity index (χ2n) is 3.58. The first-order chi connectivity index (χ1) is 8.11. The van der Waals surface area contributed by atoms with Gasteiger partial charge in [0.15, 0.2) is 0 Å². The van der Waals surface area contributed by atoms with Crippen molar-refractivity contribution in [3.63, 3.8) is 0 Å². The third-order valence-corrected chi connectivity index (χ3v) is 2.43. The summed E-state index contributed by atoms with van der Waals surface area (Å²) in [5.41, 5.74) is 0.313. The van der Waals surface area contributed by atoms with Crippen molar-refractivity contribution >= 4 is 11.5 Å². The van der Waals surface area contributed by atoms with E-state index in [0.29, 0.717) is 5.69 Å². The summed E-state index contributed by atoms with van der Waals surface area (Å²) in [6.07, 6.45) is 0. The van der Waals surface area contributed by atoms with Gasteiger partial charge in [0.1, 0.15) is 0 Å². The van der Waals surface area contributed by atoms with Crippen LogP contribution in [0.3, 0.4) is 0 Å². The lowest BCUT2D eigenvalue weighted by atomic mass is 10.3. The fourth-order valence-corrected chi connectivity index (χ4v) is 1.42. The molecule has 0 amide bonds. The van der Waals surface area contributed by atoms with Gasteiger partial charge in [-0.1, -0.05) is 18.2 Å². The molecule has 0 saturated heterocycles. The molecule has 6 nitrogen and oxygen atoms in total. The second-order valence-corrected chi connectivity index (χ2v) is 3.58. The molecule has 2 aromatic rings. The van der Waals surface area contributed by atoms with Crippen molar-refractivity contribution in [2.75, 3.05) is 0 Å². The number of nitrogens with zero attached hydrogens (tertiary/aromatic N) is 4. The van der Waals surface area contributed by atoms with Crippen molar-refractivity contribution < 1.29 is 5.11 Å². The largest absolute Gasteiger partial charge is 0.492 e. The number of hydrogen-bond donors (Lipinski definition) is 1. The summed E-state index contributed by atoms with van der Waals surface area (Å²) in [5, 5.41) is 17.5. The lowest BCUT2D eigenvalue weighted by molar-refractivity contribution is 0.430. The fraction of sp³-hybridized carbons (Fsp3) is 0.182. The van der Waals surface area contributed by atoms with E-state index >= 15 is 0 Å². The minimum Gasteiger partial charge on any atom is -0.492 e. The molecular weight excluding hydrogens is 220 g/mol. The summed E-state index contributed by atoms with van der Waals surface area (Å²) in [6, 6.07) is 9.09. The number of rotatable bonds is 2. The zero-order chi connectivity index (χ0) is 12.4. The van der Waals surface area contributed by atoms with Gasteiger partial charge in [0, 0.05) is 14.1 Å². The molecule has 2 rings (SSSR count). The Bertz CT molecular complexity index is 610. The van der Waals surface area contributed by atoms with E-state index in [1.54, 1.807) is 12.1 Å². The maximum Gasteiger partial charge on any atom is 0.332 e. The molecule has 0 bridgehead atoms. The fourth-order valence-electron chi connectivity index (χ4n) is 1.42. The maximum absolute atomic E-state index is 11.5. The Hall–Kier alpha value is -2.37. The number of benzene rings is 1. The van der Waals surface area contributed by atoms with E-state index in [1.807, 2.05) is 18.2 Å². The molecular formula is C11H12N4O2. The van der Waals surface area contributed by atoms with E-state index in [9.17, 15) is 9.90 Å². The summed E-state index contributed by atoms with van der Waals surface area (Å²) < 4.78 is 2.35. The van der Waals surface area contributed by atoms with Gasteiger partial charge in [-0.3, -0.25) is 9.13 Å². The Kier molecular flexibility index (Phi) is 2.78. The molecule has 0 spiro atoms. The molecule has 6 heteroatoms. The summed E-state index contributed by atoms with van der Waals surface area (Å²) in [6.45, 7) is 0. The molecule has 0 atom stereocenters. The van der Waals surface area contributed by atoms with Crippen molar-refractivity contribution in [3.8, 4) is 5.88 Å². The van der Waals surface area contributed by atoms with Crippen LogP contribution in [0.4, 0.5) is 11.5 Å². The molecule has 88 valence electrons. The Morgan fingerprint density at radius 3 is 2.24 bits per heavy atom. The van der Waals surface area contributed by atoms with Gasteiger partial charge in [-0.25, -0.2) is 4.79 Å². The predicted octanol–water partition coefficient (Wildman–Crippen LogP) is 1.84. The Morgan fingerprint density at radius 2 is 1.71 bits per heavy atom. The van der Waals surface area contributed by atoms with Crippen LogP contribution in [0.15, 0.2) is 45.4 Å². The van der Waals surface area contributed by atoms with Crippen LogP contribution in [0, 0.1) is 0 Å². The van der Waals surface area contributed by atoms with E-state index in [-0.39, 0.29) is 17.4 Å². The zero-order valence-corrected chi connectivity index (χ0v) is 9.53. The number of hydrogen-bond acceptors (Lipinski definition) is 4. The Morgan fingerprint density at radius 1 is 1.06 bits per heavy atom. The molecule has 0 aliphatic carbocycles. The average molecular weight is 232 g/mol. The molecule has 0 aliphatic rings. The van der Waals surface area contributed by atoms with Crippen molar-refractivity contribution in [1.29, 1.82) is 0 Å².